The van der Waals surface area contributed by atoms with Crippen LogP contribution >= 0.6 is 0 Å². The summed E-state index contributed by atoms with van der Waals surface area (Å²) in [6.45, 7) is 8.62. The molecule has 1 N–H and O–H groups in total. The average Bonchev–Trinajstić information content (AvgIpc) is 2.24. The molecule has 17 heavy (non-hydrogen) atoms. The Morgan fingerprint density at radius 1 is 1.18 bits per heavy atom. The highest BCUT2D eigenvalue weighted by Crippen LogP contribution is 2.24. The van der Waals surface area contributed by atoms with Crippen molar-refractivity contribution in [2.75, 3.05) is 13.2 Å². The van der Waals surface area contributed by atoms with Gasteiger partial charge in [-0.05, 0) is 26.7 Å². The van der Waals surface area contributed by atoms with Crippen molar-refractivity contribution < 1.29 is 19.4 Å². The fourth-order valence-corrected chi connectivity index (χ4v) is 1.87. The monoisotopic (exact) mass is 246 g/mol. The molecule has 0 spiro atoms. The third-order valence-corrected chi connectivity index (χ3v) is 2.61. The first-order valence-electron chi connectivity index (χ1n) is 6.47. The van der Waals surface area contributed by atoms with E-state index in [4.69, 9.17) is 9.47 Å². The molecule has 0 radical (unpaired) electrons. The van der Waals surface area contributed by atoms with Crippen molar-refractivity contribution >= 4 is 5.97 Å². The minimum absolute atomic E-state index is 0.148. The summed E-state index contributed by atoms with van der Waals surface area (Å²) in [5, 5.41) is 9.33. The molecule has 0 atom stereocenters. The molecule has 0 unspecified atom stereocenters. The van der Waals surface area contributed by atoms with Crippen molar-refractivity contribution in [3.05, 3.63) is 0 Å². The lowest BCUT2D eigenvalue weighted by Crippen LogP contribution is -2.42. The molecule has 0 rings (SSSR count). The van der Waals surface area contributed by atoms with Crippen molar-refractivity contribution in [1.82, 2.24) is 0 Å². The van der Waals surface area contributed by atoms with Gasteiger partial charge >= 0.3 is 5.97 Å². The molecule has 0 fully saturated rings. The largest absolute Gasteiger partial charge is 0.479 e. The lowest BCUT2D eigenvalue weighted by atomic mass is 9.92. The Kier molecular flexibility index (Phi) is 8.17. The highest BCUT2D eigenvalue weighted by molar-refractivity contribution is 5.77. The maximum Gasteiger partial charge on any atom is 0.335 e. The predicted octanol–water partition coefficient (Wildman–Crippen LogP) is 2.85. The number of hydrogen-bond donors (Lipinski definition) is 1. The lowest BCUT2D eigenvalue weighted by Gasteiger charge is -2.29. The zero-order valence-corrected chi connectivity index (χ0v) is 11.5. The minimum Gasteiger partial charge on any atom is -0.479 e. The Balaban J connectivity index is 4.30. The summed E-state index contributed by atoms with van der Waals surface area (Å²) in [5.74, 6) is -0.856. The van der Waals surface area contributed by atoms with Crippen LogP contribution in [0.2, 0.25) is 0 Å². The molecule has 0 aromatic rings. The normalized spacial score (nSPS) is 12.1. The van der Waals surface area contributed by atoms with Gasteiger partial charge < -0.3 is 14.6 Å². The molecule has 0 aliphatic heterocycles. The van der Waals surface area contributed by atoms with Gasteiger partial charge in [0.2, 0.25) is 0 Å². The smallest absolute Gasteiger partial charge is 0.335 e. The van der Waals surface area contributed by atoms with E-state index in [0.717, 1.165) is 12.8 Å². The lowest BCUT2D eigenvalue weighted by molar-refractivity contribution is -0.171. The van der Waals surface area contributed by atoms with Crippen molar-refractivity contribution in [3.63, 3.8) is 0 Å². The average molecular weight is 246 g/mol. The summed E-state index contributed by atoms with van der Waals surface area (Å²) in [4.78, 5) is 11.4. The Labute approximate surface area is 104 Å². The van der Waals surface area contributed by atoms with Gasteiger partial charge in [-0.25, -0.2) is 4.79 Å². The molecule has 0 aromatic carbocycles. The number of aliphatic carboxylic acids is 1. The van der Waals surface area contributed by atoms with E-state index in [1.807, 2.05) is 27.7 Å². The van der Waals surface area contributed by atoms with Gasteiger partial charge in [0, 0.05) is 0 Å². The fraction of sp³-hybridized carbons (Fsp3) is 0.923. The molecule has 102 valence electrons. The summed E-state index contributed by atoms with van der Waals surface area (Å²) in [6, 6.07) is 0. The van der Waals surface area contributed by atoms with Gasteiger partial charge in [0.05, 0.1) is 19.3 Å². The third-order valence-electron chi connectivity index (χ3n) is 2.61. The maximum absolute atomic E-state index is 11.4. The van der Waals surface area contributed by atoms with Crippen LogP contribution in [0.3, 0.4) is 0 Å². The maximum atomic E-state index is 11.4. The highest BCUT2D eigenvalue weighted by Gasteiger charge is 2.37. The first-order chi connectivity index (χ1) is 7.98. The van der Waals surface area contributed by atoms with E-state index in [0.29, 0.717) is 26.1 Å². The van der Waals surface area contributed by atoms with Crippen LogP contribution in [0.4, 0.5) is 0 Å². The van der Waals surface area contributed by atoms with Crippen LogP contribution in [0.15, 0.2) is 0 Å². The third kappa shape index (κ3) is 6.03. The van der Waals surface area contributed by atoms with Crippen molar-refractivity contribution in [3.8, 4) is 0 Å². The Bertz CT molecular complexity index is 207. The van der Waals surface area contributed by atoms with Gasteiger partial charge in [0.25, 0.3) is 0 Å². The standard InChI is InChI=1S/C13H26O4/c1-5-7-13(8-6-2,12(14)15)17-10-9-16-11(3)4/h11H,5-10H2,1-4H3,(H,14,15). The predicted molar refractivity (Wildman–Crippen MR) is 67.2 cm³/mol. The molecule has 0 amide bonds. The van der Waals surface area contributed by atoms with E-state index < -0.39 is 11.6 Å². The second-order valence-corrected chi connectivity index (χ2v) is 4.57. The van der Waals surface area contributed by atoms with Gasteiger partial charge in [-0.1, -0.05) is 26.7 Å². The number of hydrogen-bond acceptors (Lipinski definition) is 3. The molecule has 0 saturated heterocycles. The van der Waals surface area contributed by atoms with Crippen LogP contribution in [0.1, 0.15) is 53.4 Å². The van der Waals surface area contributed by atoms with Gasteiger partial charge in [0.15, 0.2) is 5.60 Å². The van der Waals surface area contributed by atoms with E-state index >= 15 is 0 Å². The number of carbonyl (C=O) groups is 1. The summed E-state index contributed by atoms with van der Waals surface area (Å²) in [5.41, 5.74) is -1.02. The van der Waals surface area contributed by atoms with Crippen LogP contribution in [-0.4, -0.2) is 36.0 Å². The number of ether oxygens (including phenoxy) is 2. The molecule has 0 saturated carbocycles. The summed E-state index contributed by atoms with van der Waals surface area (Å²) in [6.07, 6.45) is 2.86. The van der Waals surface area contributed by atoms with Crippen molar-refractivity contribution in [1.29, 1.82) is 0 Å². The molecule has 4 nitrogen and oxygen atoms in total. The van der Waals surface area contributed by atoms with Gasteiger partial charge in [0.1, 0.15) is 0 Å². The first-order valence-corrected chi connectivity index (χ1v) is 6.47. The molecular formula is C13H26O4. The Hall–Kier alpha value is -0.610. The van der Waals surface area contributed by atoms with Crippen LogP contribution in [0.5, 0.6) is 0 Å². The van der Waals surface area contributed by atoms with Gasteiger partial charge in [-0.3, -0.25) is 0 Å². The molecular weight excluding hydrogens is 220 g/mol. The van der Waals surface area contributed by atoms with Crippen LogP contribution < -0.4 is 0 Å². The minimum atomic E-state index is -1.02. The number of carboxylic acid groups (broad SMARTS) is 1. The molecule has 0 heterocycles. The van der Waals surface area contributed by atoms with Crippen LogP contribution in [0.25, 0.3) is 0 Å². The summed E-state index contributed by atoms with van der Waals surface area (Å²) < 4.78 is 11.0. The fourth-order valence-electron chi connectivity index (χ4n) is 1.87. The zero-order valence-electron chi connectivity index (χ0n) is 11.5. The van der Waals surface area contributed by atoms with Crippen LogP contribution in [-0.2, 0) is 14.3 Å². The quantitative estimate of drug-likeness (QED) is 0.602. The molecule has 4 heteroatoms. The highest BCUT2D eigenvalue weighted by atomic mass is 16.6. The van der Waals surface area contributed by atoms with Gasteiger partial charge in [-0.15, -0.1) is 0 Å². The topological polar surface area (TPSA) is 55.8 Å². The number of carboxylic acids is 1. The van der Waals surface area contributed by atoms with E-state index in [2.05, 4.69) is 0 Å². The molecule has 0 aliphatic rings. The Morgan fingerprint density at radius 3 is 2.06 bits per heavy atom. The van der Waals surface area contributed by atoms with Crippen molar-refractivity contribution in [2.24, 2.45) is 0 Å². The zero-order chi connectivity index (χ0) is 13.3. The molecule has 0 bridgehead atoms. The summed E-state index contributed by atoms with van der Waals surface area (Å²) in [7, 11) is 0. The van der Waals surface area contributed by atoms with Crippen molar-refractivity contribution in [2.45, 2.75) is 65.1 Å². The SMILES string of the molecule is CCCC(CCC)(OCCOC(C)C)C(=O)O. The Morgan fingerprint density at radius 2 is 1.71 bits per heavy atom. The number of rotatable bonds is 10. The molecule has 0 aliphatic carbocycles. The first kappa shape index (κ1) is 16.4. The van der Waals surface area contributed by atoms with E-state index in [9.17, 15) is 9.90 Å². The second kappa shape index (κ2) is 8.48. The summed E-state index contributed by atoms with van der Waals surface area (Å²) >= 11 is 0. The van der Waals surface area contributed by atoms with Crippen LogP contribution in [0, 0.1) is 0 Å². The van der Waals surface area contributed by atoms with Gasteiger partial charge in [-0.2, -0.15) is 0 Å². The second-order valence-electron chi connectivity index (χ2n) is 4.57. The van der Waals surface area contributed by atoms with E-state index in [1.54, 1.807) is 0 Å². The van der Waals surface area contributed by atoms with E-state index in [1.165, 1.54) is 0 Å². The molecule has 0 aromatic heterocycles. The van der Waals surface area contributed by atoms with E-state index in [-0.39, 0.29) is 6.10 Å².